The number of rotatable bonds is 8. The van der Waals surface area contributed by atoms with Gasteiger partial charge in [0.05, 0.1) is 0 Å². The third-order valence-corrected chi connectivity index (χ3v) is 8.85. The van der Waals surface area contributed by atoms with Gasteiger partial charge >= 0.3 is 5.97 Å². The number of anilines is 1. The van der Waals surface area contributed by atoms with E-state index in [9.17, 15) is 9.90 Å². The summed E-state index contributed by atoms with van der Waals surface area (Å²) in [6, 6.07) is 13.1. The van der Waals surface area contributed by atoms with Crippen LogP contribution in [0.4, 0.5) is 5.95 Å². The maximum Gasteiger partial charge on any atom is 0.321 e. The van der Waals surface area contributed by atoms with Crippen molar-refractivity contribution in [1.29, 1.82) is 0 Å². The van der Waals surface area contributed by atoms with Crippen molar-refractivity contribution in [2.24, 2.45) is 5.92 Å². The number of carboxylic acid groups (broad SMARTS) is 1. The first-order chi connectivity index (χ1) is 17.7. The minimum Gasteiger partial charge on any atom is -0.480 e. The summed E-state index contributed by atoms with van der Waals surface area (Å²) in [5.41, 5.74) is 1.34. The molecule has 2 saturated heterocycles. The summed E-state index contributed by atoms with van der Waals surface area (Å²) in [5, 5.41) is 10.3. The average molecular weight is 492 g/mol. The van der Waals surface area contributed by atoms with Gasteiger partial charge in [0.1, 0.15) is 6.04 Å². The molecule has 2 aromatic rings. The summed E-state index contributed by atoms with van der Waals surface area (Å²) in [6.07, 6.45) is 11.5. The molecule has 3 aliphatic rings. The lowest BCUT2D eigenvalue weighted by atomic mass is 9.83. The van der Waals surface area contributed by atoms with Gasteiger partial charge in [-0.15, -0.1) is 0 Å². The summed E-state index contributed by atoms with van der Waals surface area (Å²) >= 11 is 0. The number of benzene rings is 1. The first-order valence-electron chi connectivity index (χ1n) is 13.9. The van der Waals surface area contributed by atoms with Crippen LogP contribution in [0, 0.1) is 5.92 Å². The molecule has 7 heteroatoms. The molecule has 1 saturated carbocycles. The summed E-state index contributed by atoms with van der Waals surface area (Å²) in [7, 11) is 0. The van der Waals surface area contributed by atoms with E-state index in [-0.39, 0.29) is 12.0 Å². The SMILES string of the molecule is CCN(c1ncccn1)C1CCN([C@@H]2CN([C@@H](C(=O)O)C3CCCCC3)C[C@@H]2c2ccccc2)CC1. The van der Waals surface area contributed by atoms with Gasteiger partial charge in [0.15, 0.2) is 0 Å². The Morgan fingerprint density at radius 3 is 2.33 bits per heavy atom. The third-order valence-electron chi connectivity index (χ3n) is 8.85. The number of nitrogens with zero attached hydrogens (tertiary/aromatic N) is 5. The molecule has 1 aliphatic carbocycles. The van der Waals surface area contributed by atoms with E-state index >= 15 is 0 Å². The number of aromatic nitrogens is 2. The molecule has 0 spiro atoms. The van der Waals surface area contributed by atoms with Gasteiger partial charge in [-0.3, -0.25) is 14.6 Å². The molecular formula is C29H41N5O2. The van der Waals surface area contributed by atoms with Gasteiger partial charge in [-0.1, -0.05) is 49.6 Å². The van der Waals surface area contributed by atoms with E-state index in [2.05, 4.69) is 61.9 Å². The predicted molar refractivity (Wildman–Crippen MR) is 142 cm³/mol. The Bertz CT molecular complexity index is 960. The van der Waals surface area contributed by atoms with Crippen LogP contribution in [0.15, 0.2) is 48.8 Å². The maximum absolute atomic E-state index is 12.5. The van der Waals surface area contributed by atoms with Gasteiger partial charge in [0, 0.05) is 63.1 Å². The van der Waals surface area contributed by atoms with Crippen LogP contribution in [0.2, 0.25) is 0 Å². The molecule has 0 bridgehead atoms. The van der Waals surface area contributed by atoms with Gasteiger partial charge in [0.25, 0.3) is 0 Å². The van der Waals surface area contributed by atoms with E-state index < -0.39 is 5.97 Å². The molecule has 1 aromatic carbocycles. The first kappa shape index (κ1) is 25.2. The highest BCUT2D eigenvalue weighted by Crippen LogP contribution is 2.38. The van der Waals surface area contributed by atoms with E-state index in [0.717, 1.165) is 64.4 Å². The van der Waals surface area contributed by atoms with Crippen molar-refractivity contribution in [2.75, 3.05) is 37.6 Å². The van der Waals surface area contributed by atoms with Crippen LogP contribution in [0.3, 0.4) is 0 Å². The van der Waals surface area contributed by atoms with Gasteiger partial charge in [0.2, 0.25) is 5.95 Å². The van der Waals surface area contributed by atoms with Crippen molar-refractivity contribution in [2.45, 2.75) is 75.9 Å². The Morgan fingerprint density at radius 1 is 1.00 bits per heavy atom. The minimum atomic E-state index is -0.630. The lowest BCUT2D eigenvalue weighted by Gasteiger charge is -2.42. The summed E-state index contributed by atoms with van der Waals surface area (Å²) in [5.74, 6) is 0.813. The van der Waals surface area contributed by atoms with E-state index in [1.165, 1.54) is 24.8 Å². The summed E-state index contributed by atoms with van der Waals surface area (Å²) in [6.45, 7) is 6.81. The molecule has 3 fully saturated rings. The van der Waals surface area contributed by atoms with Crippen LogP contribution in [0.5, 0.6) is 0 Å². The highest BCUT2D eigenvalue weighted by Gasteiger charge is 2.45. The Kier molecular flexibility index (Phi) is 8.17. The Morgan fingerprint density at radius 2 is 1.69 bits per heavy atom. The Balaban J connectivity index is 1.32. The summed E-state index contributed by atoms with van der Waals surface area (Å²) < 4.78 is 0. The lowest BCUT2D eigenvalue weighted by molar-refractivity contribution is -0.145. The zero-order chi connectivity index (χ0) is 24.9. The highest BCUT2D eigenvalue weighted by molar-refractivity contribution is 5.74. The van der Waals surface area contributed by atoms with Crippen LogP contribution in [0.25, 0.3) is 0 Å². The number of carbonyl (C=O) groups is 1. The topological polar surface area (TPSA) is 72.8 Å². The molecule has 194 valence electrons. The van der Waals surface area contributed by atoms with E-state index in [0.29, 0.717) is 18.0 Å². The standard InChI is InChI=1S/C29H41N5O2/c1-2-34(29-30-16-9-17-31-29)24-14-18-32(19-15-24)26-21-33(20-25(26)22-10-5-3-6-11-22)27(28(35)36)23-12-7-4-8-13-23/h3,5-6,9-11,16-17,23-27H,2,4,7-8,12-15,18-21H2,1H3,(H,35,36)/t25-,26-,27-/m1/s1. The molecule has 3 heterocycles. The number of piperidine rings is 1. The first-order valence-corrected chi connectivity index (χ1v) is 13.9. The zero-order valence-electron chi connectivity index (χ0n) is 21.6. The van der Waals surface area contributed by atoms with Crippen LogP contribution < -0.4 is 4.90 Å². The minimum absolute atomic E-state index is 0.279. The van der Waals surface area contributed by atoms with E-state index in [1.807, 2.05) is 18.5 Å². The number of carboxylic acids is 1. The molecule has 36 heavy (non-hydrogen) atoms. The fraction of sp³-hybridized carbons (Fsp3) is 0.621. The van der Waals surface area contributed by atoms with Crippen LogP contribution in [0.1, 0.15) is 63.4 Å². The quantitative estimate of drug-likeness (QED) is 0.591. The molecule has 0 amide bonds. The van der Waals surface area contributed by atoms with Crippen molar-refractivity contribution in [1.82, 2.24) is 19.8 Å². The second-order valence-electron chi connectivity index (χ2n) is 10.8. The third kappa shape index (κ3) is 5.42. The smallest absolute Gasteiger partial charge is 0.321 e. The average Bonchev–Trinajstić information content (AvgIpc) is 3.36. The van der Waals surface area contributed by atoms with Crippen molar-refractivity contribution < 1.29 is 9.90 Å². The zero-order valence-corrected chi connectivity index (χ0v) is 21.6. The Labute approximate surface area is 215 Å². The van der Waals surface area contributed by atoms with Crippen LogP contribution >= 0.6 is 0 Å². The molecule has 5 rings (SSSR count). The number of aliphatic carboxylic acids is 1. The number of likely N-dealkylation sites (tertiary alicyclic amines) is 2. The van der Waals surface area contributed by atoms with Crippen molar-refractivity contribution in [3.63, 3.8) is 0 Å². The molecule has 3 atom stereocenters. The van der Waals surface area contributed by atoms with Crippen molar-refractivity contribution >= 4 is 11.9 Å². The monoisotopic (exact) mass is 491 g/mol. The molecule has 2 aliphatic heterocycles. The molecule has 1 N–H and O–H groups in total. The normalized spacial score (nSPS) is 25.6. The number of hydrogen-bond acceptors (Lipinski definition) is 6. The highest BCUT2D eigenvalue weighted by atomic mass is 16.4. The molecular weight excluding hydrogens is 450 g/mol. The second kappa shape index (κ2) is 11.7. The van der Waals surface area contributed by atoms with E-state index in [4.69, 9.17) is 0 Å². The van der Waals surface area contributed by atoms with Crippen molar-refractivity contribution in [3.05, 3.63) is 54.4 Å². The fourth-order valence-corrected chi connectivity index (χ4v) is 7.08. The maximum atomic E-state index is 12.5. The van der Waals surface area contributed by atoms with Gasteiger partial charge < -0.3 is 10.0 Å². The predicted octanol–water partition coefficient (Wildman–Crippen LogP) is 4.27. The molecule has 0 unspecified atom stereocenters. The lowest BCUT2D eigenvalue weighted by Crippen LogP contribution is -2.51. The van der Waals surface area contributed by atoms with Crippen LogP contribution in [-0.4, -0.2) is 81.7 Å². The molecule has 0 radical (unpaired) electrons. The van der Waals surface area contributed by atoms with Crippen LogP contribution in [-0.2, 0) is 4.79 Å². The van der Waals surface area contributed by atoms with Gasteiger partial charge in [-0.2, -0.15) is 0 Å². The fourth-order valence-electron chi connectivity index (χ4n) is 7.08. The largest absolute Gasteiger partial charge is 0.480 e. The van der Waals surface area contributed by atoms with Crippen molar-refractivity contribution in [3.8, 4) is 0 Å². The van der Waals surface area contributed by atoms with Gasteiger partial charge in [-0.25, -0.2) is 9.97 Å². The Hall–Kier alpha value is -2.51. The van der Waals surface area contributed by atoms with Gasteiger partial charge in [-0.05, 0) is 50.2 Å². The summed E-state index contributed by atoms with van der Waals surface area (Å²) in [4.78, 5) is 28.8. The second-order valence-corrected chi connectivity index (χ2v) is 10.8. The van der Waals surface area contributed by atoms with E-state index in [1.54, 1.807) is 0 Å². The molecule has 1 aromatic heterocycles. The number of hydrogen-bond donors (Lipinski definition) is 1. The molecule has 7 nitrogen and oxygen atoms in total.